The minimum Gasteiger partial charge on any atom is -0.445 e. The molecule has 2 heterocycles. The molecule has 0 bridgehead atoms. The summed E-state index contributed by atoms with van der Waals surface area (Å²) >= 11 is 0. The van der Waals surface area contributed by atoms with E-state index < -0.39 is 5.66 Å². The maximum Gasteiger partial charge on any atom is 0.246 e. The molecule has 1 aliphatic rings. The fraction of sp³-hybridized carbons (Fsp3) is 0.0625. The highest BCUT2D eigenvalue weighted by molar-refractivity contribution is 5.81. The number of nitrogens with two attached hydrogens (primary N) is 2. The number of aromatic nitrogens is 1. The van der Waals surface area contributed by atoms with E-state index in [1.807, 2.05) is 42.5 Å². The van der Waals surface area contributed by atoms with Gasteiger partial charge in [0.2, 0.25) is 11.6 Å². The number of nitrogens with one attached hydrogen (secondary N) is 2. The van der Waals surface area contributed by atoms with Gasteiger partial charge in [-0.1, -0.05) is 12.1 Å². The molecule has 2 aromatic carbocycles. The molecule has 0 aliphatic carbocycles. The van der Waals surface area contributed by atoms with Crippen molar-refractivity contribution in [1.29, 1.82) is 0 Å². The van der Waals surface area contributed by atoms with Gasteiger partial charge in [-0.3, -0.25) is 0 Å². The van der Waals surface area contributed by atoms with Crippen molar-refractivity contribution in [2.75, 3.05) is 22.1 Å². The molecule has 0 amide bonds. The van der Waals surface area contributed by atoms with E-state index in [0.717, 1.165) is 16.9 Å². The Morgan fingerprint density at radius 1 is 0.909 bits per heavy atom. The van der Waals surface area contributed by atoms with Crippen LogP contribution in [0.5, 0.6) is 0 Å². The number of fused-ring (bicyclic) bond motifs is 1. The first-order chi connectivity index (χ1) is 10.7. The molecule has 1 aromatic heterocycles. The van der Waals surface area contributed by atoms with Crippen LogP contribution >= 0.6 is 0 Å². The van der Waals surface area contributed by atoms with Crippen molar-refractivity contribution < 1.29 is 4.42 Å². The zero-order valence-electron chi connectivity index (χ0n) is 11.7. The van der Waals surface area contributed by atoms with Gasteiger partial charge in [-0.15, -0.1) is 0 Å². The van der Waals surface area contributed by atoms with Crippen molar-refractivity contribution in [3.63, 3.8) is 0 Å². The van der Waals surface area contributed by atoms with Gasteiger partial charge in [-0.25, -0.2) is 4.98 Å². The van der Waals surface area contributed by atoms with Gasteiger partial charge in [0.05, 0.1) is 17.6 Å². The first-order valence-electron chi connectivity index (χ1n) is 6.89. The van der Waals surface area contributed by atoms with Crippen molar-refractivity contribution in [2.45, 2.75) is 5.66 Å². The van der Waals surface area contributed by atoms with E-state index in [-0.39, 0.29) is 0 Å². The normalized spacial score (nSPS) is 19.3. The molecule has 3 aromatic rings. The van der Waals surface area contributed by atoms with Gasteiger partial charge >= 0.3 is 0 Å². The lowest BCUT2D eigenvalue weighted by molar-refractivity contribution is 0.432. The Kier molecular flexibility index (Phi) is 2.53. The quantitative estimate of drug-likeness (QED) is 0.542. The summed E-state index contributed by atoms with van der Waals surface area (Å²) in [6.45, 7) is 0. The van der Waals surface area contributed by atoms with Crippen LogP contribution in [0.2, 0.25) is 0 Å². The second kappa shape index (κ2) is 4.42. The Balaban J connectivity index is 1.87. The number of nitrogens with zero attached hydrogens (tertiary/aromatic N) is 1. The highest BCUT2D eigenvalue weighted by Gasteiger charge is 2.43. The van der Waals surface area contributed by atoms with Crippen LogP contribution in [-0.2, 0) is 5.66 Å². The average Bonchev–Trinajstić information content (AvgIpc) is 3.15. The van der Waals surface area contributed by atoms with Crippen LogP contribution in [0.15, 0.2) is 59.3 Å². The first kappa shape index (κ1) is 12.6. The van der Waals surface area contributed by atoms with E-state index in [2.05, 4.69) is 15.6 Å². The molecule has 0 spiro atoms. The van der Waals surface area contributed by atoms with Crippen molar-refractivity contribution in [1.82, 2.24) is 4.98 Å². The number of nitrogen functional groups attached to an aromatic ring is 2. The number of benzene rings is 2. The Morgan fingerprint density at radius 3 is 2.36 bits per heavy atom. The van der Waals surface area contributed by atoms with Crippen LogP contribution in [0.1, 0.15) is 11.5 Å². The second-order valence-corrected chi connectivity index (χ2v) is 5.26. The van der Waals surface area contributed by atoms with Crippen LogP contribution in [0, 0.1) is 0 Å². The highest BCUT2D eigenvalue weighted by Crippen LogP contribution is 2.43. The van der Waals surface area contributed by atoms with E-state index in [4.69, 9.17) is 15.9 Å². The lowest BCUT2D eigenvalue weighted by atomic mass is 9.99. The van der Waals surface area contributed by atoms with Crippen molar-refractivity contribution in [3.8, 4) is 0 Å². The third kappa shape index (κ3) is 1.77. The van der Waals surface area contributed by atoms with Gasteiger partial charge < -0.3 is 26.5 Å². The molecular weight excluding hydrogens is 278 g/mol. The fourth-order valence-electron chi connectivity index (χ4n) is 2.73. The summed E-state index contributed by atoms with van der Waals surface area (Å²) in [5.74, 6) is 0.520. The highest BCUT2D eigenvalue weighted by atomic mass is 16.3. The fourth-order valence-corrected chi connectivity index (χ4v) is 2.73. The summed E-state index contributed by atoms with van der Waals surface area (Å²) in [5.41, 5.74) is 15.0. The number of rotatable bonds is 2. The standard InChI is InChI=1S/C16H15N5O/c17-11-3-1-10(2-4-11)16(15-19-7-8-22-15)20-13-6-5-12(18)9-14(13)21-16/h1-9,20-21H,17-18H2. The molecule has 0 saturated carbocycles. The van der Waals surface area contributed by atoms with E-state index in [1.165, 1.54) is 0 Å². The topological polar surface area (TPSA) is 102 Å². The van der Waals surface area contributed by atoms with E-state index in [9.17, 15) is 0 Å². The van der Waals surface area contributed by atoms with Crippen LogP contribution in [0.25, 0.3) is 0 Å². The largest absolute Gasteiger partial charge is 0.445 e. The van der Waals surface area contributed by atoms with Crippen LogP contribution in [0.3, 0.4) is 0 Å². The Hall–Kier alpha value is -3.15. The lowest BCUT2D eigenvalue weighted by Crippen LogP contribution is -2.40. The molecule has 0 saturated heterocycles. The van der Waals surface area contributed by atoms with E-state index >= 15 is 0 Å². The summed E-state index contributed by atoms with van der Waals surface area (Å²) in [4.78, 5) is 4.32. The van der Waals surface area contributed by atoms with Crippen LogP contribution in [-0.4, -0.2) is 4.98 Å². The summed E-state index contributed by atoms with van der Waals surface area (Å²) in [6.07, 6.45) is 3.17. The SMILES string of the molecule is Nc1ccc(C2(c3ncco3)Nc3ccc(N)cc3N2)cc1. The molecule has 1 atom stereocenters. The van der Waals surface area contributed by atoms with Gasteiger partial charge in [-0.05, 0) is 30.3 Å². The lowest BCUT2D eigenvalue weighted by Gasteiger charge is -2.28. The van der Waals surface area contributed by atoms with Crippen LogP contribution in [0.4, 0.5) is 22.7 Å². The number of anilines is 4. The van der Waals surface area contributed by atoms with Gasteiger partial charge in [0.15, 0.2) is 0 Å². The Bertz CT molecular complexity index is 813. The van der Waals surface area contributed by atoms with Crippen LogP contribution < -0.4 is 22.1 Å². The Labute approximate surface area is 127 Å². The number of hydrogen-bond donors (Lipinski definition) is 4. The Morgan fingerprint density at radius 2 is 1.64 bits per heavy atom. The maximum absolute atomic E-state index is 5.87. The average molecular weight is 293 g/mol. The smallest absolute Gasteiger partial charge is 0.246 e. The molecule has 4 rings (SSSR count). The summed E-state index contributed by atoms with van der Waals surface area (Å²) in [7, 11) is 0. The molecule has 1 unspecified atom stereocenters. The van der Waals surface area contributed by atoms with Gasteiger partial charge in [0.25, 0.3) is 0 Å². The third-order valence-corrected chi connectivity index (χ3v) is 3.78. The second-order valence-electron chi connectivity index (χ2n) is 5.26. The number of oxazole rings is 1. The zero-order chi connectivity index (χ0) is 15.2. The zero-order valence-corrected chi connectivity index (χ0v) is 11.7. The first-order valence-corrected chi connectivity index (χ1v) is 6.89. The summed E-state index contributed by atoms with van der Waals surface area (Å²) in [6, 6.07) is 13.2. The predicted molar refractivity (Wildman–Crippen MR) is 86.2 cm³/mol. The molecule has 1 aliphatic heterocycles. The van der Waals surface area contributed by atoms with Gasteiger partial charge in [-0.2, -0.15) is 0 Å². The minimum atomic E-state index is -0.784. The molecule has 0 fully saturated rings. The molecule has 6 nitrogen and oxygen atoms in total. The number of hydrogen-bond acceptors (Lipinski definition) is 6. The molecule has 6 N–H and O–H groups in total. The molecule has 6 heteroatoms. The third-order valence-electron chi connectivity index (χ3n) is 3.78. The monoisotopic (exact) mass is 293 g/mol. The molecule has 0 radical (unpaired) electrons. The summed E-state index contributed by atoms with van der Waals surface area (Å²) in [5, 5.41) is 6.89. The summed E-state index contributed by atoms with van der Waals surface area (Å²) < 4.78 is 5.57. The molecular formula is C16H15N5O. The van der Waals surface area contributed by atoms with E-state index in [1.54, 1.807) is 12.5 Å². The molecule has 110 valence electrons. The van der Waals surface area contributed by atoms with Gasteiger partial charge in [0, 0.05) is 16.9 Å². The predicted octanol–water partition coefficient (Wildman–Crippen LogP) is 2.58. The maximum atomic E-state index is 5.87. The van der Waals surface area contributed by atoms with Crippen molar-refractivity contribution >= 4 is 22.7 Å². The minimum absolute atomic E-state index is 0.520. The molecule has 22 heavy (non-hydrogen) atoms. The van der Waals surface area contributed by atoms with Gasteiger partial charge in [0.1, 0.15) is 6.26 Å². The van der Waals surface area contributed by atoms with Crippen molar-refractivity contribution in [2.24, 2.45) is 0 Å². The van der Waals surface area contributed by atoms with Crippen molar-refractivity contribution in [3.05, 3.63) is 66.4 Å². The van der Waals surface area contributed by atoms with E-state index in [0.29, 0.717) is 17.3 Å².